The molecule has 18 heavy (non-hydrogen) atoms. The largest absolute Gasteiger partial charge is 0.466 e. The van der Waals surface area contributed by atoms with E-state index in [4.69, 9.17) is 4.74 Å². The molecular formula is C14H16O4. The number of hydrogen-bond acceptors (Lipinski definition) is 4. The third kappa shape index (κ3) is 4.41. The van der Waals surface area contributed by atoms with Gasteiger partial charge in [0.25, 0.3) is 0 Å². The zero-order valence-electron chi connectivity index (χ0n) is 10.5. The van der Waals surface area contributed by atoms with Crippen LogP contribution in [0.5, 0.6) is 0 Å². The van der Waals surface area contributed by atoms with Gasteiger partial charge in [0.15, 0.2) is 0 Å². The number of ether oxygens (including phenoxy) is 2. The maximum atomic E-state index is 11.2. The summed E-state index contributed by atoms with van der Waals surface area (Å²) in [5.74, 6) is -0.614. The first-order valence-electron chi connectivity index (χ1n) is 5.68. The third-order valence-corrected chi connectivity index (χ3v) is 2.23. The van der Waals surface area contributed by atoms with E-state index in [1.54, 1.807) is 43.3 Å². The van der Waals surface area contributed by atoms with Gasteiger partial charge < -0.3 is 9.47 Å². The van der Waals surface area contributed by atoms with Crippen molar-refractivity contribution in [1.82, 2.24) is 0 Å². The highest BCUT2D eigenvalue weighted by atomic mass is 16.5. The molecule has 1 rings (SSSR count). The lowest BCUT2D eigenvalue weighted by atomic mass is 10.1. The lowest BCUT2D eigenvalue weighted by Crippen LogP contribution is -2.01. The molecule has 0 bridgehead atoms. The topological polar surface area (TPSA) is 52.6 Å². The van der Waals surface area contributed by atoms with E-state index in [2.05, 4.69) is 4.74 Å². The normalized spacial score (nSPS) is 10.3. The van der Waals surface area contributed by atoms with E-state index in [1.807, 2.05) is 0 Å². The molecule has 0 unspecified atom stereocenters. The molecule has 0 aliphatic rings. The molecule has 4 heteroatoms. The van der Waals surface area contributed by atoms with E-state index < -0.39 is 0 Å². The lowest BCUT2D eigenvalue weighted by molar-refractivity contribution is -0.142. The van der Waals surface area contributed by atoms with Gasteiger partial charge in [-0.25, -0.2) is 4.79 Å². The molecule has 96 valence electrons. The molecule has 0 amide bonds. The van der Waals surface area contributed by atoms with Crippen molar-refractivity contribution in [2.45, 2.75) is 13.3 Å². The van der Waals surface area contributed by atoms with Crippen molar-refractivity contribution in [3.63, 3.8) is 0 Å². The number of benzene rings is 1. The fourth-order valence-electron chi connectivity index (χ4n) is 1.36. The first kappa shape index (κ1) is 14.0. The summed E-state index contributed by atoms with van der Waals surface area (Å²) in [6, 6.07) is 6.92. The summed E-state index contributed by atoms with van der Waals surface area (Å²) < 4.78 is 9.39. The van der Waals surface area contributed by atoms with Crippen molar-refractivity contribution >= 4 is 18.0 Å². The molecule has 0 saturated heterocycles. The standard InChI is InChI=1S/C14H16O4/c1-3-18-13(15)6-4-5-11-7-9-12(10-8-11)14(16)17-2/h4-5,7-10H,3,6H2,1-2H3. The lowest BCUT2D eigenvalue weighted by Gasteiger charge is -1.99. The van der Waals surface area contributed by atoms with Crippen LogP contribution in [0.1, 0.15) is 29.3 Å². The average Bonchev–Trinajstić information content (AvgIpc) is 2.39. The minimum atomic E-state index is -0.364. The van der Waals surface area contributed by atoms with Crippen LogP contribution >= 0.6 is 0 Å². The third-order valence-electron chi connectivity index (χ3n) is 2.23. The maximum Gasteiger partial charge on any atom is 0.337 e. The van der Waals surface area contributed by atoms with Gasteiger partial charge in [0, 0.05) is 0 Å². The summed E-state index contributed by atoms with van der Waals surface area (Å²) in [6.45, 7) is 2.16. The second-order valence-electron chi connectivity index (χ2n) is 3.53. The van der Waals surface area contributed by atoms with Crippen LogP contribution in [0.15, 0.2) is 30.3 Å². The Labute approximate surface area is 106 Å². The van der Waals surface area contributed by atoms with Crippen LogP contribution in [0, 0.1) is 0 Å². The van der Waals surface area contributed by atoms with Gasteiger partial charge in [0.2, 0.25) is 0 Å². The van der Waals surface area contributed by atoms with Gasteiger partial charge in [-0.3, -0.25) is 4.79 Å². The molecule has 0 aliphatic carbocycles. The molecule has 0 heterocycles. The highest BCUT2D eigenvalue weighted by Crippen LogP contribution is 2.07. The summed E-state index contributed by atoms with van der Waals surface area (Å²) in [4.78, 5) is 22.3. The molecule has 1 aromatic carbocycles. The number of carbonyl (C=O) groups is 2. The van der Waals surface area contributed by atoms with Crippen molar-refractivity contribution in [3.05, 3.63) is 41.5 Å². The van der Waals surface area contributed by atoms with Gasteiger partial charge in [0.05, 0.1) is 25.7 Å². The van der Waals surface area contributed by atoms with Crippen molar-refractivity contribution in [1.29, 1.82) is 0 Å². The Kier molecular flexibility index (Phi) is 5.64. The molecule has 1 aromatic rings. The van der Waals surface area contributed by atoms with Crippen molar-refractivity contribution < 1.29 is 19.1 Å². The number of methoxy groups -OCH3 is 1. The minimum absolute atomic E-state index is 0.243. The SMILES string of the molecule is CCOC(=O)CC=Cc1ccc(C(=O)OC)cc1. The number of hydrogen-bond donors (Lipinski definition) is 0. The van der Waals surface area contributed by atoms with Crippen LogP contribution < -0.4 is 0 Å². The van der Waals surface area contributed by atoms with Gasteiger partial charge in [-0.1, -0.05) is 24.3 Å². The Bertz CT molecular complexity index is 432. The minimum Gasteiger partial charge on any atom is -0.466 e. The molecule has 0 aromatic heterocycles. The highest BCUT2D eigenvalue weighted by Gasteiger charge is 2.03. The Morgan fingerprint density at radius 1 is 1.22 bits per heavy atom. The summed E-state index contributed by atoms with van der Waals surface area (Å²) in [5, 5.41) is 0. The molecule has 0 N–H and O–H groups in total. The highest BCUT2D eigenvalue weighted by molar-refractivity contribution is 5.89. The van der Waals surface area contributed by atoms with Crippen molar-refractivity contribution in [2.75, 3.05) is 13.7 Å². The predicted octanol–water partition coefficient (Wildman–Crippen LogP) is 2.44. The van der Waals surface area contributed by atoms with Gasteiger partial charge >= 0.3 is 11.9 Å². The zero-order valence-corrected chi connectivity index (χ0v) is 10.5. The Morgan fingerprint density at radius 3 is 2.44 bits per heavy atom. The Morgan fingerprint density at radius 2 is 1.89 bits per heavy atom. The Hall–Kier alpha value is -2.10. The first-order valence-corrected chi connectivity index (χ1v) is 5.68. The predicted molar refractivity (Wildman–Crippen MR) is 68.1 cm³/mol. The summed E-state index contributed by atoms with van der Waals surface area (Å²) in [6.07, 6.45) is 3.77. The van der Waals surface area contributed by atoms with Crippen LogP contribution in [0.3, 0.4) is 0 Å². The van der Waals surface area contributed by atoms with Crippen molar-refractivity contribution in [2.24, 2.45) is 0 Å². The molecule has 0 aliphatic heterocycles. The summed E-state index contributed by atoms with van der Waals surface area (Å²) in [5.41, 5.74) is 1.41. The van der Waals surface area contributed by atoms with Gasteiger partial charge in [-0.15, -0.1) is 0 Å². The first-order chi connectivity index (χ1) is 8.67. The van der Waals surface area contributed by atoms with Crippen LogP contribution in [0.25, 0.3) is 6.08 Å². The van der Waals surface area contributed by atoms with E-state index in [9.17, 15) is 9.59 Å². The number of carbonyl (C=O) groups excluding carboxylic acids is 2. The molecular weight excluding hydrogens is 232 g/mol. The number of esters is 2. The zero-order chi connectivity index (χ0) is 13.4. The fraction of sp³-hybridized carbons (Fsp3) is 0.286. The van der Waals surface area contributed by atoms with Gasteiger partial charge in [-0.2, -0.15) is 0 Å². The van der Waals surface area contributed by atoms with E-state index in [0.717, 1.165) is 5.56 Å². The van der Waals surface area contributed by atoms with E-state index in [1.165, 1.54) is 7.11 Å². The molecule has 0 atom stereocenters. The van der Waals surface area contributed by atoms with Crippen LogP contribution in [-0.4, -0.2) is 25.7 Å². The van der Waals surface area contributed by atoms with E-state index in [0.29, 0.717) is 12.2 Å². The quantitative estimate of drug-likeness (QED) is 0.751. The maximum absolute atomic E-state index is 11.2. The monoisotopic (exact) mass is 248 g/mol. The van der Waals surface area contributed by atoms with E-state index >= 15 is 0 Å². The van der Waals surface area contributed by atoms with Crippen LogP contribution in [-0.2, 0) is 14.3 Å². The second-order valence-corrected chi connectivity index (χ2v) is 3.53. The summed E-state index contributed by atoms with van der Waals surface area (Å²) in [7, 11) is 1.34. The summed E-state index contributed by atoms with van der Waals surface area (Å²) >= 11 is 0. The van der Waals surface area contributed by atoms with Crippen molar-refractivity contribution in [3.8, 4) is 0 Å². The Balaban J connectivity index is 2.56. The molecule has 0 fully saturated rings. The molecule has 0 radical (unpaired) electrons. The molecule has 4 nitrogen and oxygen atoms in total. The fourth-order valence-corrected chi connectivity index (χ4v) is 1.36. The average molecular weight is 248 g/mol. The smallest absolute Gasteiger partial charge is 0.337 e. The number of rotatable bonds is 5. The van der Waals surface area contributed by atoms with Crippen LogP contribution in [0.4, 0.5) is 0 Å². The molecule has 0 saturated carbocycles. The van der Waals surface area contributed by atoms with Gasteiger partial charge in [-0.05, 0) is 24.6 Å². The van der Waals surface area contributed by atoms with Gasteiger partial charge in [0.1, 0.15) is 0 Å². The second kappa shape index (κ2) is 7.27. The van der Waals surface area contributed by atoms with Crippen LogP contribution in [0.2, 0.25) is 0 Å². The molecule has 0 spiro atoms. The van der Waals surface area contributed by atoms with E-state index in [-0.39, 0.29) is 18.4 Å².